The van der Waals surface area contributed by atoms with E-state index in [1.807, 2.05) is 6.92 Å². The summed E-state index contributed by atoms with van der Waals surface area (Å²) in [6.07, 6.45) is 0. The van der Waals surface area contributed by atoms with Gasteiger partial charge < -0.3 is 14.8 Å². The molecule has 0 aliphatic heterocycles. The molecule has 0 radical (unpaired) electrons. The highest BCUT2D eigenvalue weighted by molar-refractivity contribution is 9.11. The third-order valence-corrected chi connectivity index (χ3v) is 3.55. The number of methoxy groups -OCH3 is 1. The van der Waals surface area contributed by atoms with Crippen LogP contribution >= 0.6 is 27.3 Å². The second-order valence-electron chi connectivity index (χ2n) is 3.24. The lowest BCUT2D eigenvalue weighted by Crippen LogP contribution is -2.27. The van der Waals surface area contributed by atoms with Crippen molar-refractivity contribution in [2.24, 2.45) is 0 Å². The molecule has 0 bridgehead atoms. The van der Waals surface area contributed by atoms with Gasteiger partial charge in [-0.1, -0.05) is 0 Å². The first kappa shape index (κ1) is 14.6. The van der Waals surface area contributed by atoms with Crippen LogP contribution in [0.1, 0.15) is 15.4 Å². The summed E-state index contributed by atoms with van der Waals surface area (Å²) in [7, 11) is 1.62. The minimum absolute atomic E-state index is 0.110. The fourth-order valence-corrected chi connectivity index (χ4v) is 2.60. The molecule has 0 unspecified atom stereocenters. The van der Waals surface area contributed by atoms with E-state index < -0.39 is 0 Å². The SMILES string of the molecule is COCCOCCNC(=O)c1sc(Br)nc1C. The van der Waals surface area contributed by atoms with Gasteiger partial charge in [0.2, 0.25) is 0 Å². The molecule has 1 aromatic heterocycles. The topological polar surface area (TPSA) is 60.5 Å². The summed E-state index contributed by atoms with van der Waals surface area (Å²) in [6.45, 7) is 3.88. The molecule has 1 amide bonds. The van der Waals surface area contributed by atoms with E-state index in [-0.39, 0.29) is 5.91 Å². The number of halogens is 1. The van der Waals surface area contributed by atoms with Crippen molar-refractivity contribution in [2.45, 2.75) is 6.92 Å². The maximum absolute atomic E-state index is 11.7. The first-order valence-electron chi connectivity index (χ1n) is 5.13. The van der Waals surface area contributed by atoms with Crippen molar-refractivity contribution in [2.75, 3.05) is 33.5 Å². The molecule has 1 rings (SSSR count). The minimum atomic E-state index is -0.110. The zero-order chi connectivity index (χ0) is 12.7. The summed E-state index contributed by atoms with van der Waals surface area (Å²) in [5, 5.41) is 2.77. The van der Waals surface area contributed by atoms with Gasteiger partial charge in [-0.05, 0) is 22.9 Å². The molecule has 0 aliphatic rings. The van der Waals surface area contributed by atoms with Crippen LogP contribution in [-0.2, 0) is 9.47 Å². The number of ether oxygens (including phenoxy) is 2. The number of hydrogen-bond acceptors (Lipinski definition) is 5. The third-order valence-electron chi connectivity index (χ3n) is 1.94. The van der Waals surface area contributed by atoms with Crippen LogP contribution in [0.2, 0.25) is 0 Å². The van der Waals surface area contributed by atoms with Crippen molar-refractivity contribution in [3.05, 3.63) is 14.5 Å². The van der Waals surface area contributed by atoms with Crippen molar-refractivity contribution in [3.63, 3.8) is 0 Å². The predicted octanol–water partition coefficient (Wildman–Crippen LogP) is 1.61. The number of nitrogens with zero attached hydrogens (tertiary/aromatic N) is 1. The Morgan fingerprint density at radius 2 is 2.24 bits per heavy atom. The summed E-state index contributed by atoms with van der Waals surface area (Å²) in [6, 6.07) is 0. The normalized spacial score (nSPS) is 10.5. The Labute approximate surface area is 113 Å². The third kappa shape index (κ3) is 5.12. The van der Waals surface area contributed by atoms with Crippen LogP contribution in [0, 0.1) is 6.92 Å². The average molecular weight is 323 g/mol. The monoisotopic (exact) mass is 322 g/mol. The smallest absolute Gasteiger partial charge is 0.263 e. The highest BCUT2D eigenvalue weighted by Crippen LogP contribution is 2.22. The highest BCUT2D eigenvalue weighted by atomic mass is 79.9. The highest BCUT2D eigenvalue weighted by Gasteiger charge is 2.13. The van der Waals surface area contributed by atoms with Gasteiger partial charge in [0.15, 0.2) is 3.92 Å². The predicted molar refractivity (Wildman–Crippen MR) is 69.6 cm³/mol. The Morgan fingerprint density at radius 3 is 2.82 bits per heavy atom. The number of hydrogen-bond donors (Lipinski definition) is 1. The van der Waals surface area contributed by atoms with Crippen LogP contribution in [0.25, 0.3) is 0 Å². The van der Waals surface area contributed by atoms with E-state index in [1.54, 1.807) is 7.11 Å². The van der Waals surface area contributed by atoms with Gasteiger partial charge >= 0.3 is 0 Å². The quantitative estimate of drug-likeness (QED) is 0.775. The first-order valence-corrected chi connectivity index (χ1v) is 6.74. The van der Waals surface area contributed by atoms with Crippen LogP contribution in [0.5, 0.6) is 0 Å². The molecular formula is C10H15BrN2O3S. The van der Waals surface area contributed by atoms with Crippen LogP contribution in [0.15, 0.2) is 3.92 Å². The Hall–Kier alpha value is -0.500. The van der Waals surface area contributed by atoms with Crippen LogP contribution in [0.4, 0.5) is 0 Å². The summed E-state index contributed by atoms with van der Waals surface area (Å²) in [5.41, 5.74) is 0.736. The fraction of sp³-hybridized carbons (Fsp3) is 0.600. The number of aromatic nitrogens is 1. The van der Waals surface area contributed by atoms with Gasteiger partial charge in [-0.25, -0.2) is 4.98 Å². The van der Waals surface area contributed by atoms with Crippen LogP contribution < -0.4 is 5.32 Å². The lowest BCUT2D eigenvalue weighted by molar-refractivity contribution is 0.0693. The lowest BCUT2D eigenvalue weighted by Gasteiger charge is -2.05. The van der Waals surface area contributed by atoms with Crippen molar-refractivity contribution in [1.29, 1.82) is 0 Å². The number of amides is 1. The van der Waals surface area contributed by atoms with Gasteiger partial charge in [-0.15, -0.1) is 11.3 Å². The fourth-order valence-electron chi connectivity index (χ4n) is 1.14. The average Bonchev–Trinajstić information content (AvgIpc) is 2.62. The van der Waals surface area contributed by atoms with Gasteiger partial charge in [0.1, 0.15) is 4.88 Å². The molecular weight excluding hydrogens is 308 g/mol. The molecule has 96 valence electrons. The molecule has 0 saturated carbocycles. The van der Waals surface area contributed by atoms with Crippen molar-refractivity contribution in [3.8, 4) is 0 Å². The zero-order valence-corrected chi connectivity index (χ0v) is 12.2. The van der Waals surface area contributed by atoms with Gasteiger partial charge in [0.25, 0.3) is 5.91 Å². The second-order valence-corrected chi connectivity index (χ2v) is 5.52. The molecule has 0 aliphatic carbocycles. The Morgan fingerprint density at radius 1 is 1.47 bits per heavy atom. The van der Waals surface area contributed by atoms with Crippen molar-refractivity contribution in [1.82, 2.24) is 10.3 Å². The summed E-state index contributed by atoms with van der Waals surface area (Å²) in [5.74, 6) is -0.110. The number of rotatable bonds is 7. The number of aryl methyl sites for hydroxylation is 1. The van der Waals surface area contributed by atoms with Gasteiger partial charge in [0.05, 0.1) is 25.5 Å². The lowest BCUT2D eigenvalue weighted by atomic mass is 10.4. The van der Waals surface area contributed by atoms with Gasteiger partial charge in [0, 0.05) is 13.7 Å². The van der Waals surface area contributed by atoms with E-state index in [1.165, 1.54) is 11.3 Å². The molecule has 0 aromatic carbocycles. The molecule has 0 spiro atoms. The first-order chi connectivity index (χ1) is 8.15. The Kier molecular flexibility index (Phi) is 6.64. The van der Waals surface area contributed by atoms with Crippen molar-refractivity contribution < 1.29 is 14.3 Å². The van der Waals surface area contributed by atoms with Gasteiger partial charge in [-0.3, -0.25) is 4.79 Å². The van der Waals surface area contributed by atoms with Gasteiger partial charge in [-0.2, -0.15) is 0 Å². The maximum Gasteiger partial charge on any atom is 0.263 e. The summed E-state index contributed by atoms with van der Waals surface area (Å²) in [4.78, 5) is 16.5. The molecule has 1 N–H and O–H groups in total. The number of nitrogens with one attached hydrogen (secondary N) is 1. The second kappa shape index (κ2) is 7.75. The largest absolute Gasteiger partial charge is 0.382 e. The van der Waals surface area contributed by atoms with E-state index in [0.717, 1.165) is 9.61 Å². The van der Waals surface area contributed by atoms with Crippen LogP contribution in [-0.4, -0.2) is 44.4 Å². The molecule has 7 heteroatoms. The molecule has 0 fully saturated rings. The number of carbonyl (C=O) groups excluding carboxylic acids is 1. The minimum Gasteiger partial charge on any atom is -0.382 e. The maximum atomic E-state index is 11.7. The standard InChI is InChI=1S/C10H15BrN2O3S/c1-7-8(17-10(11)13-7)9(14)12-3-4-16-6-5-15-2/h3-6H2,1-2H3,(H,12,14). The van der Waals surface area contributed by atoms with E-state index in [0.29, 0.717) is 31.2 Å². The summed E-state index contributed by atoms with van der Waals surface area (Å²) < 4.78 is 10.8. The van der Waals surface area contributed by atoms with E-state index in [4.69, 9.17) is 9.47 Å². The van der Waals surface area contributed by atoms with E-state index in [9.17, 15) is 4.79 Å². The Balaban J connectivity index is 2.23. The molecule has 17 heavy (non-hydrogen) atoms. The molecule has 1 aromatic rings. The van der Waals surface area contributed by atoms with E-state index in [2.05, 4.69) is 26.2 Å². The summed E-state index contributed by atoms with van der Waals surface area (Å²) >= 11 is 4.58. The molecule has 1 heterocycles. The van der Waals surface area contributed by atoms with Crippen LogP contribution in [0.3, 0.4) is 0 Å². The van der Waals surface area contributed by atoms with E-state index >= 15 is 0 Å². The molecule has 5 nitrogen and oxygen atoms in total. The number of carbonyl (C=O) groups is 1. The number of thiazole rings is 1. The molecule has 0 atom stereocenters. The molecule has 0 saturated heterocycles. The zero-order valence-electron chi connectivity index (χ0n) is 9.79. The Bertz CT molecular complexity index is 370. The van der Waals surface area contributed by atoms with Crippen molar-refractivity contribution >= 4 is 33.2 Å².